The molecule has 1 aromatic heterocycles. The summed E-state index contributed by atoms with van der Waals surface area (Å²) in [4.78, 5) is 14.4. The van der Waals surface area contributed by atoms with Gasteiger partial charge in [-0.2, -0.15) is 0 Å². The zero-order valence-corrected chi connectivity index (χ0v) is 46.7. The van der Waals surface area contributed by atoms with Crippen molar-refractivity contribution < 1.29 is 28.4 Å². The number of aromatic nitrogens is 3. The van der Waals surface area contributed by atoms with Gasteiger partial charge in [0.15, 0.2) is 16.8 Å². The Kier molecular flexibility index (Phi) is 12.3. The minimum absolute atomic E-state index is 0.0431. The maximum absolute atomic E-state index is 7.09. The van der Waals surface area contributed by atoms with E-state index in [1.165, 1.54) is 0 Å². The van der Waals surface area contributed by atoms with E-state index in [9.17, 15) is 0 Å². The number of hydrogen-bond donors (Lipinski definition) is 0. The van der Waals surface area contributed by atoms with Crippen LogP contribution in [0.3, 0.4) is 0 Å². The third kappa shape index (κ3) is 9.08. The molecule has 3 aliphatic rings. The number of rotatable bonds is 12. The number of fused-ring (bicyclic) bond motifs is 9. The van der Waals surface area contributed by atoms with E-state index in [0.717, 1.165) is 99.6 Å². The zero-order chi connectivity index (χ0) is 57.8. The topological polar surface area (TPSA) is 94.1 Å². The van der Waals surface area contributed by atoms with Crippen LogP contribution in [-0.2, 0) is 16.8 Å². The molecule has 414 valence electrons. The van der Waals surface area contributed by atoms with Crippen LogP contribution in [0.4, 0.5) is 0 Å². The van der Waals surface area contributed by atoms with Gasteiger partial charge in [0.25, 0.3) is 0 Å². The fourth-order valence-electron chi connectivity index (χ4n) is 12.4. The maximum Gasteiger partial charge on any atom is 0.331 e. The zero-order valence-electron chi connectivity index (χ0n) is 46.7. The summed E-state index contributed by atoms with van der Waals surface area (Å²) in [5.41, 5.74) is 6.34. The van der Waals surface area contributed by atoms with Crippen LogP contribution in [0.5, 0.6) is 52.5 Å². The Bertz CT molecular complexity index is 4250. The smallest absolute Gasteiger partial charge is 0.331 e. The lowest BCUT2D eigenvalue weighted by Crippen LogP contribution is -2.34. The highest BCUT2D eigenvalue weighted by Gasteiger charge is 2.40. The van der Waals surface area contributed by atoms with Crippen LogP contribution in [-0.4, -0.2) is 15.0 Å². The van der Waals surface area contributed by atoms with E-state index in [1.54, 1.807) is 0 Å². The average molecular weight is 1130 g/mol. The van der Waals surface area contributed by atoms with Crippen molar-refractivity contribution in [3.05, 3.63) is 341 Å². The van der Waals surface area contributed by atoms with Gasteiger partial charge in [0.05, 0.1) is 0 Å². The SMILES string of the molecule is C1=CC(c2ccccc2)(c2ccccc2)Oc2ccc3ccc(Oc4nc(Oc5ccc6ccc7c(c6c5)C=CC(c5ccccc5)(c5ccccc5)O7)nc(Oc5ccc6ccc7c(c6c5)C=CC(c5ccccc5)(c5ccccc5)O7)n4)cc3c21. The molecule has 0 bridgehead atoms. The summed E-state index contributed by atoms with van der Waals surface area (Å²) >= 11 is 0. The predicted octanol–water partition coefficient (Wildman–Crippen LogP) is 18.8. The fraction of sp³-hybridized carbons (Fsp3) is 0.0385. The van der Waals surface area contributed by atoms with Crippen LogP contribution < -0.4 is 28.4 Å². The standard InChI is InChI=1S/C78H51N3O6/c1-7-19-55(20-8-1)76(56-21-9-2-10-22-56)46-43-64-67-49-61(37-31-52(67)34-40-70(64)85-76)82-73-79-74(83-62-38-32-53-35-41-71-65(68(53)50-62)44-47-77(86-71,57-23-11-3-12-24-57)58-25-13-4-14-26-58)81-75(80-73)84-63-39-33-54-36-42-72-66(69(54)51-63)45-48-78(87-72,59-27-15-5-16-28-59)60-29-17-6-18-30-60/h1-51H. The fourth-order valence-corrected chi connectivity index (χ4v) is 12.4. The van der Waals surface area contributed by atoms with Crippen molar-refractivity contribution >= 4 is 50.5 Å². The first kappa shape index (κ1) is 51.1. The molecule has 12 aromatic carbocycles. The van der Waals surface area contributed by atoms with Crippen LogP contribution in [0.2, 0.25) is 0 Å². The molecule has 4 heterocycles. The van der Waals surface area contributed by atoms with Gasteiger partial charge in [-0.05, 0) is 123 Å². The Labute approximate surface area is 502 Å². The maximum atomic E-state index is 7.09. The summed E-state index contributed by atoms with van der Waals surface area (Å²) in [5.74, 6) is 3.64. The molecular formula is C78H51N3O6. The molecule has 0 fully saturated rings. The van der Waals surface area contributed by atoms with Crippen molar-refractivity contribution in [1.29, 1.82) is 0 Å². The Morgan fingerprint density at radius 2 is 0.483 bits per heavy atom. The summed E-state index contributed by atoms with van der Waals surface area (Å²) in [6.45, 7) is 0. The van der Waals surface area contributed by atoms with Gasteiger partial charge < -0.3 is 28.4 Å². The van der Waals surface area contributed by atoms with Gasteiger partial charge in [0.2, 0.25) is 0 Å². The molecule has 9 heteroatoms. The van der Waals surface area contributed by atoms with E-state index in [0.29, 0.717) is 17.2 Å². The van der Waals surface area contributed by atoms with Crippen molar-refractivity contribution in [3.8, 4) is 52.5 Å². The summed E-state index contributed by atoms with van der Waals surface area (Å²) in [7, 11) is 0. The van der Waals surface area contributed by atoms with E-state index in [1.807, 2.05) is 182 Å². The third-order valence-electron chi connectivity index (χ3n) is 16.7. The predicted molar refractivity (Wildman–Crippen MR) is 342 cm³/mol. The monoisotopic (exact) mass is 1130 g/mol. The van der Waals surface area contributed by atoms with Crippen molar-refractivity contribution in [3.63, 3.8) is 0 Å². The molecule has 0 spiro atoms. The van der Waals surface area contributed by atoms with Crippen LogP contribution in [0.1, 0.15) is 50.1 Å². The van der Waals surface area contributed by atoms with Crippen molar-refractivity contribution in [1.82, 2.24) is 15.0 Å². The second-order valence-corrected chi connectivity index (χ2v) is 21.8. The van der Waals surface area contributed by atoms with Crippen molar-refractivity contribution in [2.24, 2.45) is 0 Å². The van der Waals surface area contributed by atoms with E-state index in [2.05, 4.69) is 127 Å². The summed E-state index contributed by atoms with van der Waals surface area (Å²) in [6.07, 6.45) is 12.8. The summed E-state index contributed by atoms with van der Waals surface area (Å²) in [6, 6.07) is 91.6. The Morgan fingerprint density at radius 3 is 0.724 bits per heavy atom. The number of benzene rings is 12. The summed E-state index contributed by atoms with van der Waals surface area (Å²) < 4.78 is 41.2. The van der Waals surface area contributed by atoms with E-state index >= 15 is 0 Å². The second-order valence-electron chi connectivity index (χ2n) is 21.8. The molecule has 0 unspecified atom stereocenters. The quantitative estimate of drug-likeness (QED) is 0.119. The number of nitrogens with zero attached hydrogens (tertiary/aromatic N) is 3. The Balaban J connectivity index is 0.766. The van der Waals surface area contributed by atoms with Gasteiger partial charge in [-0.15, -0.1) is 15.0 Å². The van der Waals surface area contributed by atoms with Gasteiger partial charge in [-0.25, -0.2) is 0 Å². The lowest BCUT2D eigenvalue weighted by atomic mass is 9.83. The highest BCUT2D eigenvalue weighted by atomic mass is 16.5. The average Bonchev–Trinajstić information content (AvgIpc) is 1.17. The van der Waals surface area contributed by atoms with Gasteiger partial charge in [0.1, 0.15) is 34.5 Å². The van der Waals surface area contributed by atoms with E-state index in [-0.39, 0.29) is 18.0 Å². The molecule has 13 aromatic rings. The van der Waals surface area contributed by atoms with E-state index < -0.39 is 16.8 Å². The normalized spacial score (nSPS) is 14.6. The molecule has 16 rings (SSSR count). The molecule has 0 aliphatic carbocycles. The lowest BCUT2D eigenvalue weighted by molar-refractivity contribution is 0.161. The van der Waals surface area contributed by atoms with Crippen molar-refractivity contribution in [2.45, 2.75) is 16.8 Å². The minimum Gasteiger partial charge on any atom is -0.473 e. The highest BCUT2D eigenvalue weighted by molar-refractivity contribution is 5.97. The molecule has 0 radical (unpaired) electrons. The molecule has 0 N–H and O–H groups in total. The minimum atomic E-state index is -0.841. The van der Waals surface area contributed by atoms with Gasteiger partial charge in [-0.1, -0.05) is 218 Å². The molecule has 0 saturated carbocycles. The lowest BCUT2D eigenvalue weighted by Gasteiger charge is -2.36. The number of hydrogen-bond acceptors (Lipinski definition) is 9. The second kappa shape index (κ2) is 21.0. The van der Waals surface area contributed by atoms with Crippen molar-refractivity contribution in [2.75, 3.05) is 0 Å². The first-order chi connectivity index (χ1) is 42.9. The molecular weight excluding hydrogens is 1070 g/mol. The van der Waals surface area contributed by atoms with Crippen LogP contribution in [0, 0.1) is 0 Å². The van der Waals surface area contributed by atoms with Gasteiger partial charge >= 0.3 is 18.0 Å². The van der Waals surface area contributed by atoms with E-state index in [4.69, 9.17) is 43.4 Å². The third-order valence-corrected chi connectivity index (χ3v) is 16.7. The first-order valence-corrected chi connectivity index (χ1v) is 28.9. The van der Waals surface area contributed by atoms with Crippen LogP contribution >= 0.6 is 0 Å². The molecule has 9 nitrogen and oxygen atoms in total. The highest BCUT2D eigenvalue weighted by Crippen LogP contribution is 2.49. The molecule has 0 amide bonds. The summed E-state index contributed by atoms with van der Waals surface area (Å²) in [5, 5.41) is 5.75. The molecule has 0 atom stereocenters. The largest absolute Gasteiger partial charge is 0.473 e. The Morgan fingerprint density at radius 1 is 0.253 bits per heavy atom. The molecule has 3 aliphatic heterocycles. The molecule has 0 saturated heterocycles. The molecule has 87 heavy (non-hydrogen) atoms. The van der Waals surface area contributed by atoms with Gasteiger partial charge in [0, 0.05) is 50.1 Å². The van der Waals surface area contributed by atoms with Gasteiger partial charge in [-0.3, -0.25) is 0 Å². The first-order valence-electron chi connectivity index (χ1n) is 28.9. The number of ether oxygens (including phenoxy) is 6. The van der Waals surface area contributed by atoms with Crippen LogP contribution in [0.25, 0.3) is 50.5 Å². The van der Waals surface area contributed by atoms with Crippen LogP contribution in [0.15, 0.2) is 291 Å². The Hall–Kier alpha value is -11.6.